The zero-order chi connectivity index (χ0) is 20.6. The predicted molar refractivity (Wildman–Crippen MR) is 113 cm³/mol. The summed E-state index contributed by atoms with van der Waals surface area (Å²) in [6, 6.07) is 8.51. The number of anilines is 2. The van der Waals surface area contributed by atoms with Gasteiger partial charge in [-0.15, -0.1) is 0 Å². The molecule has 2 aromatic heterocycles. The van der Waals surface area contributed by atoms with Crippen LogP contribution in [-0.2, 0) is 0 Å². The third-order valence-corrected chi connectivity index (χ3v) is 4.69. The maximum absolute atomic E-state index is 12.1. The van der Waals surface area contributed by atoms with Gasteiger partial charge < -0.3 is 15.2 Å². The molecular formula is C18H16B2ClN7O. The Morgan fingerprint density at radius 3 is 2.69 bits per heavy atom. The maximum atomic E-state index is 12.1. The van der Waals surface area contributed by atoms with Crippen molar-refractivity contribution in [2.45, 2.75) is 18.3 Å². The normalized spacial score (nSPS) is 16.5. The van der Waals surface area contributed by atoms with Crippen LogP contribution in [0.2, 0.25) is 5.02 Å². The average Bonchev–Trinajstić information content (AvgIpc) is 3.27. The smallest absolute Gasteiger partial charge is 0.322 e. The quantitative estimate of drug-likeness (QED) is 0.637. The van der Waals surface area contributed by atoms with Crippen LogP contribution < -0.4 is 15.5 Å². The lowest BCUT2D eigenvalue weighted by Crippen LogP contribution is -2.44. The first-order valence-corrected chi connectivity index (χ1v) is 9.25. The van der Waals surface area contributed by atoms with Crippen LogP contribution in [0.4, 0.5) is 16.6 Å². The summed E-state index contributed by atoms with van der Waals surface area (Å²) in [5.41, 5.74) is 1.75. The lowest BCUT2D eigenvalue weighted by Gasteiger charge is -2.18. The molecule has 1 saturated heterocycles. The number of hydrogen-bond donors (Lipinski definition) is 2. The van der Waals surface area contributed by atoms with E-state index in [1.807, 2.05) is 42.0 Å². The number of imidazole rings is 1. The first-order chi connectivity index (χ1) is 13.8. The number of carbonyl (C=O) groups excluding carboxylic acids is 1. The molecule has 8 nitrogen and oxygen atoms in total. The van der Waals surface area contributed by atoms with Crippen molar-refractivity contribution in [1.29, 1.82) is 0 Å². The van der Waals surface area contributed by atoms with E-state index in [1.54, 1.807) is 18.6 Å². The molecule has 1 aliphatic rings. The Bertz CT molecular complexity index is 1040. The van der Waals surface area contributed by atoms with Gasteiger partial charge in [-0.3, -0.25) is 4.90 Å². The molecule has 0 spiro atoms. The Kier molecular flexibility index (Phi) is 4.96. The van der Waals surface area contributed by atoms with Crippen molar-refractivity contribution in [3.8, 4) is 5.69 Å². The third kappa shape index (κ3) is 4.22. The predicted octanol–water partition coefficient (Wildman–Crippen LogP) is 2.01. The Morgan fingerprint density at radius 2 is 2.00 bits per heavy atom. The molecule has 4 radical (unpaired) electrons. The van der Waals surface area contributed by atoms with Crippen molar-refractivity contribution in [1.82, 2.24) is 24.8 Å². The summed E-state index contributed by atoms with van der Waals surface area (Å²) in [7, 11) is 11.6. The lowest BCUT2D eigenvalue weighted by molar-refractivity contribution is 0.251. The molecule has 29 heavy (non-hydrogen) atoms. The maximum Gasteiger partial charge on any atom is 0.322 e. The minimum absolute atomic E-state index is 0.101. The van der Waals surface area contributed by atoms with E-state index in [4.69, 9.17) is 27.3 Å². The van der Waals surface area contributed by atoms with Crippen molar-refractivity contribution in [2.75, 3.05) is 16.8 Å². The van der Waals surface area contributed by atoms with E-state index in [9.17, 15) is 4.79 Å². The molecule has 1 fully saturated rings. The fraction of sp³-hybridized carbons (Fsp3) is 0.222. The van der Waals surface area contributed by atoms with E-state index in [1.165, 1.54) is 4.90 Å². The highest BCUT2D eigenvalue weighted by Gasteiger charge is 2.35. The second-order valence-corrected chi connectivity index (χ2v) is 7.28. The minimum Gasteiger partial charge on any atom is -0.348 e. The second-order valence-electron chi connectivity index (χ2n) is 6.84. The van der Waals surface area contributed by atoms with Crippen LogP contribution in [-0.4, -0.2) is 53.1 Å². The van der Waals surface area contributed by atoms with Gasteiger partial charge in [0.05, 0.1) is 33.8 Å². The molecule has 1 aromatic carbocycles. The van der Waals surface area contributed by atoms with Crippen molar-refractivity contribution in [3.63, 3.8) is 0 Å². The number of halogens is 1. The van der Waals surface area contributed by atoms with Gasteiger partial charge in [-0.25, -0.2) is 14.8 Å². The highest BCUT2D eigenvalue weighted by Crippen LogP contribution is 2.22. The van der Waals surface area contributed by atoms with Gasteiger partial charge in [0.2, 0.25) is 5.95 Å². The highest BCUT2D eigenvalue weighted by atomic mass is 35.5. The first-order valence-electron chi connectivity index (χ1n) is 8.88. The van der Waals surface area contributed by atoms with Gasteiger partial charge in [-0.05, 0) is 42.6 Å². The number of nitrogens with one attached hydrogen (secondary N) is 2. The van der Waals surface area contributed by atoms with E-state index in [0.29, 0.717) is 16.8 Å². The summed E-state index contributed by atoms with van der Waals surface area (Å²) in [5, 5.41) is 5.06. The van der Waals surface area contributed by atoms with E-state index in [0.717, 1.165) is 11.4 Å². The molecular weight excluding hydrogens is 387 g/mol. The molecule has 1 unspecified atom stereocenters. The number of carbonyl (C=O) groups is 1. The summed E-state index contributed by atoms with van der Waals surface area (Å²) in [4.78, 5) is 26.5. The summed E-state index contributed by atoms with van der Waals surface area (Å²) in [5.74, 6) is 0.757. The largest absolute Gasteiger partial charge is 0.348 e. The van der Waals surface area contributed by atoms with Gasteiger partial charge in [-0.2, -0.15) is 4.98 Å². The highest BCUT2D eigenvalue weighted by molar-refractivity contribution is 6.42. The van der Waals surface area contributed by atoms with Crippen LogP contribution in [0.3, 0.4) is 0 Å². The fourth-order valence-corrected chi connectivity index (χ4v) is 3.10. The first kappa shape index (κ1) is 19.3. The van der Waals surface area contributed by atoms with Crippen LogP contribution in [0, 0.1) is 0 Å². The average molecular weight is 403 g/mol. The molecule has 0 bridgehead atoms. The number of benzene rings is 1. The van der Waals surface area contributed by atoms with Gasteiger partial charge >= 0.3 is 6.03 Å². The van der Waals surface area contributed by atoms with Crippen molar-refractivity contribution in [3.05, 3.63) is 59.8 Å². The fourth-order valence-electron chi connectivity index (χ4n) is 2.98. The monoisotopic (exact) mass is 403 g/mol. The summed E-state index contributed by atoms with van der Waals surface area (Å²) >= 11 is 5.94. The van der Waals surface area contributed by atoms with Crippen LogP contribution in [0.25, 0.3) is 5.69 Å². The van der Waals surface area contributed by atoms with Gasteiger partial charge in [0.25, 0.3) is 0 Å². The standard InChI is InChI=1S/C18H16B2ClN7O/c1-11(14-8-27(10-23-14)13-4-2-12(21)3-5-13)24-16-22-7-6-15(25-16)28-9-18(19,20)26-17(28)29/h2-8,10-11H,9H2,1H3,(H,26,29)(H,22,24,25). The Hall–Kier alpha value is -3.00. The number of aromatic nitrogens is 4. The molecule has 1 atom stereocenters. The third-order valence-electron chi connectivity index (χ3n) is 4.44. The van der Waals surface area contributed by atoms with Crippen LogP contribution in [0.5, 0.6) is 0 Å². The molecule has 3 aromatic rings. The summed E-state index contributed by atoms with van der Waals surface area (Å²) < 4.78 is 1.90. The van der Waals surface area contributed by atoms with Gasteiger partial charge in [0, 0.05) is 29.6 Å². The molecule has 4 rings (SSSR count). The topological polar surface area (TPSA) is 88.0 Å². The second kappa shape index (κ2) is 7.44. The number of hydrogen-bond acceptors (Lipinski definition) is 5. The van der Waals surface area contributed by atoms with Gasteiger partial charge in [0.1, 0.15) is 5.82 Å². The van der Waals surface area contributed by atoms with E-state index in [-0.39, 0.29) is 12.6 Å². The molecule has 142 valence electrons. The molecule has 2 amide bonds. The molecule has 0 saturated carbocycles. The van der Waals surface area contributed by atoms with Crippen LogP contribution >= 0.6 is 11.6 Å². The molecule has 3 heterocycles. The number of urea groups is 1. The van der Waals surface area contributed by atoms with Crippen LogP contribution in [0.1, 0.15) is 18.7 Å². The molecule has 2 N–H and O–H groups in total. The minimum atomic E-state index is -1.29. The Morgan fingerprint density at radius 1 is 1.24 bits per heavy atom. The SMILES string of the molecule is [B]C1([B])CN(c2ccnc(NC(C)c3cn(-c4ccc(Cl)cc4)cn3)n2)C(=O)N1. The number of rotatable bonds is 5. The number of amides is 2. The molecule has 11 heteroatoms. The Labute approximate surface area is 175 Å². The van der Waals surface area contributed by atoms with Crippen molar-refractivity contribution < 1.29 is 4.79 Å². The van der Waals surface area contributed by atoms with E-state index >= 15 is 0 Å². The van der Waals surface area contributed by atoms with Crippen molar-refractivity contribution >= 4 is 45.1 Å². The zero-order valence-electron chi connectivity index (χ0n) is 15.6. The molecule has 1 aliphatic heterocycles. The van der Waals surface area contributed by atoms with E-state index in [2.05, 4.69) is 25.6 Å². The van der Waals surface area contributed by atoms with E-state index < -0.39 is 11.4 Å². The lowest BCUT2D eigenvalue weighted by atomic mass is 9.63. The van der Waals surface area contributed by atoms with Crippen LogP contribution in [0.15, 0.2) is 49.1 Å². The summed E-state index contributed by atoms with van der Waals surface area (Å²) in [6.45, 7) is 2.04. The Balaban J connectivity index is 1.49. The van der Waals surface area contributed by atoms with Gasteiger partial charge in [-0.1, -0.05) is 11.6 Å². The zero-order valence-corrected chi connectivity index (χ0v) is 16.3. The van der Waals surface area contributed by atoms with Crippen molar-refractivity contribution in [2.24, 2.45) is 0 Å². The number of nitrogens with zero attached hydrogens (tertiary/aromatic N) is 5. The van der Waals surface area contributed by atoms with Gasteiger partial charge in [0.15, 0.2) is 0 Å². The molecule has 0 aliphatic carbocycles. The summed E-state index contributed by atoms with van der Waals surface area (Å²) in [6.07, 6.45) is 5.20.